The predicted octanol–water partition coefficient (Wildman–Crippen LogP) is 0.917. The van der Waals surface area contributed by atoms with Gasteiger partial charge in [-0.2, -0.15) is 0 Å². The SMILES string of the molecule is Cc1ccc2c(c1C)N(CC(=O)O)C(=O)C2=O. The minimum atomic E-state index is -1.14. The third-order valence-electron chi connectivity index (χ3n) is 2.95. The van der Waals surface area contributed by atoms with E-state index in [0.717, 1.165) is 16.0 Å². The average Bonchev–Trinajstić information content (AvgIpc) is 2.49. The molecule has 0 saturated carbocycles. The molecule has 0 aliphatic carbocycles. The van der Waals surface area contributed by atoms with Crippen LogP contribution in [0.5, 0.6) is 0 Å². The molecule has 17 heavy (non-hydrogen) atoms. The summed E-state index contributed by atoms with van der Waals surface area (Å²) in [5.74, 6) is -2.54. The van der Waals surface area contributed by atoms with E-state index < -0.39 is 24.2 Å². The van der Waals surface area contributed by atoms with Crippen LogP contribution in [0, 0.1) is 13.8 Å². The number of carbonyl (C=O) groups excluding carboxylic acids is 2. The second-order valence-corrected chi connectivity index (χ2v) is 4.02. The molecule has 1 aromatic rings. The lowest BCUT2D eigenvalue weighted by Crippen LogP contribution is -2.34. The van der Waals surface area contributed by atoms with E-state index in [9.17, 15) is 14.4 Å². The van der Waals surface area contributed by atoms with Gasteiger partial charge < -0.3 is 5.11 Å². The lowest BCUT2D eigenvalue weighted by molar-refractivity contribution is -0.136. The van der Waals surface area contributed by atoms with E-state index in [4.69, 9.17) is 5.11 Å². The topological polar surface area (TPSA) is 74.7 Å². The number of fused-ring (bicyclic) bond motifs is 1. The van der Waals surface area contributed by atoms with Gasteiger partial charge in [-0.3, -0.25) is 19.3 Å². The van der Waals surface area contributed by atoms with Gasteiger partial charge in [-0.15, -0.1) is 0 Å². The number of hydrogen-bond acceptors (Lipinski definition) is 3. The molecule has 5 nitrogen and oxygen atoms in total. The van der Waals surface area contributed by atoms with Crippen LogP contribution in [0.15, 0.2) is 12.1 Å². The van der Waals surface area contributed by atoms with Gasteiger partial charge in [-0.1, -0.05) is 6.07 Å². The number of carbonyl (C=O) groups is 3. The van der Waals surface area contributed by atoms with Gasteiger partial charge in [0.2, 0.25) is 0 Å². The van der Waals surface area contributed by atoms with E-state index in [1.807, 2.05) is 6.92 Å². The maximum atomic E-state index is 11.7. The van der Waals surface area contributed by atoms with Crippen LogP contribution in [-0.4, -0.2) is 29.3 Å². The minimum absolute atomic E-state index is 0.291. The first-order valence-corrected chi connectivity index (χ1v) is 5.11. The summed E-state index contributed by atoms with van der Waals surface area (Å²) in [4.78, 5) is 35.1. The Kier molecular flexibility index (Phi) is 2.46. The Hall–Kier alpha value is -2.17. The standard InChI is InChI=1S/C12H11NO4/c1-6-3-4-8-10(7(6)2)13(5-9(14)15)12(17)11(8)16/h3-4H,5H2,1-2H3,(H,14,15). The fourth-order valence-corrected chi connectivity index (χ4v) is 1.96. The second kappa shape index (κ2) is 3.69. The number of amides is 1. The molecule has 0 radical (unpaired) electrons. The Morgan fingerprint density at radius 3 is 2.53 bits per heavy atom. The number of aliphatic carboxylic acids is 1. The van der Waals surface area contributed by atoms with Crippen LogP contribution in [-0.2, 0) is 9.59 Å². The molecule has 1 N–H and O–H groups in total. The van der Waals surface area contributed by atoms with Crippen LogP contribution < -0.4 is 4.90 Å². The number of hydrogen-bond donors (Lipinski definition) is 1. The zero-order valence-electron chi connectivity index (χ0n) is 9.48. The van der Waals surface area contributed by atoms with Crippen molar-refractivity contribution >= 4 is 23.3 Å². The van der Waals surface area contributed by atoms with Gasteiger partial charge >= 0.3 is 5.97 Å². The first-order chi connectivity index (χ1) is 7.93. The second-order valence-electron chi connectivity index (χ2n) is 4.02. The van der Waals surface area contributed by atoms with Crippen molar-refractivity contribution in [1.29, 1.82) is 0 Å². The predicted molar refractivity (Wildman–Crippen MR) is 60.2 cm³/mol. The molecule has 88 valence electrons. The fraction of sp³-hybridized carbons (Fsp3) is 0.250. The molecule has 0 spiro atoms. The number of aryl methyl sites for hydroxylation is 1. The molecule has 0 atom stereocenters. The van der Waals surface area contributed by atoms with Gasteiger partial charge in [-0.05, 0) is 31.0 Å². The lowest BCUT2D eigenvalue weighted by atomic mass is 10.0. The van der Waals surface area contributed by atoms with Crippen molar-refractivity contribution in [3.63, 3.8) is 0 Å². The number of ketones is 1. The van der Waals surface area contributed by atoms with Crippen molar-refractivity contribution < 1.29 is 19.5 Å². The maximum Gasteiger partial charge on any atom is 0.323 e. The molecule has 1 aliphatic heterocycles. The molecule has 0 bridgehead atoms. The van der Waals surface area contributed by atoms with Crippen molar-refractivity contribution in [2.75, 3.05) is 11.4 Å². The number of carboxylic acids is 1. The Balaban J connectivity index is 2.61. The molecule has 0 saturated heterocycles. The summed E-state index contributed by atoms with van der Waals surface area (Å²) in [6, 6.07) is 3.32. The van der Waals surface area contributed by atoms with E-state index in [1.165, 1.54) is 0 Å². The summed E-state index contributed by atoms with van der Waals surface area (Å²) in [7, 11) is 0. The molecule has 5 heteroatoms. The quantitative estimate of drug-likeness (QED) is 0.770. The smallest absolute Gasteiger partial charge is 0.323 e. The first-order valence-electron chi connectivity index (χ1n) is 5.11. The molecule has 0 fully saturated rings. The molecule has 1 aliphatic rings. The average molecular weight is 233 g/mol. The summed E-state index contributed by atoms with van der Waals surface area (Å²) >= 11 is 0. The zero-order chi connectivity index (χ0) is 12.7. The molecular formula is C12H11NO4. The Morgan fingerprint density at radius 1 is 1.29 bits per heavy atom. The van der Waals surface area contributed by atoms with Crippen molar-refractivity contribution in [2.45, 2.75) is 13.8 Å². The van der Waals surface area contributed by atoms with Gasteiger partial charge in [-0.25, -0.2) is 0 Å². The van der Waals surface area contributed by atoms with Crippen LogP contribution in [0.25, 0.3) is 0 Å². The van der Waals surface area contributed by atoms with Crippen molar-refractivity contribution in [3.05, 3.63) is 28.8 Å². The van der Waals surface area contributed by atoms with Crippen molar-refractivity contribution in [1.82, 2.24) is 0 Å². The van der Waals surface area contributed by atoms with Gasteiger partial charge in [0.1, 0.15) is 6.54 Å². The number of benzene rings is 1. The summed E-state index contributed by atoms with van der Waals surface area (Å²) < 4.78 is 0. The van der Waals surface area contributed by atoms with E-state index in [0.29, 0.717) is 11.3 Å². The van der Waals surface area contributed by atoms with Gasteiger partial charge in [0.05, 0.1) is 11.3 Å². The highest BCUT2D eigenvalue weighted by atomic mass is 16.4. The van der Waals surface area contributed by atoms with Crippen molar-refractivity contribution in [3.8, 4) is 0 Å². The Morgan fingerprint density at radius 2 is 1.94 bits per heavy atom. The normalized spacial score (nSPS) is 14.1. The van der Waals surface area contributed by atoms with Gasteiger partial charge in [0.15, 0.2) is 0 Å². The highest BCUT2D eigenvalue weighted by molar-refractivity contribution is 6.52. The third-order valence-corrected chi connectivity index (χ3v) is 2.95. The largest absolute Gasteiger partial charge is 0.480 e. The van der Waals surface area contributed by atoms with Crippen LogP contribution in [0.2, 0.25) is 0 Å². The molecular weight excluding hydrogens is 222 g/mol. The molecule has 2 rings (SSSR count). The van der Waals surface area contributed by atoms with E-state index in [-0.39, 0.29) is 0 Å². The monoisotopic (exact) mass is 233 g/mol. The van der Waals surface area contributed by atoms with Crippen LogP contribution in [0.1, 0.15) is 21.5 Å². The summed E-state index contributed by atoms with van der Waals surface area (Å²) in [5.41, 5.74) is 2.41. The van der Waals surface area contributed by atoms with Crippen LogP contribution >= 0.6 is 0 Å². The Labute approximate surface area is 97.7 Å². The van der Waals surface area contributed by atoms with Gasteiger partial charge in [0, 0.05) is 0 Å². The minimum Gasteiger partial charge on any atom is -0.480 e. The number of anilines is 1. The molecule has 0 aromatic heterocycles. The molecule has 1 amide bonds. The van der Waals surface area contributed by atoms with E-state index in [1.54, 1.807) is 19.1 Å². The lowest BCUT2D eigenvalue weighted by Gasteiger charge is -2.16. The summed E-state index contributed by atoms with van der Waals surface area (Å²) in [6.45, 7) is 3.14. The number of Topliss-reactive ketones (excluding diaryl/α,β-unsaturated/α-hetero) is 1. The maximum absolute atomic E-state index is 11.7. The highest BCUT2D eigenvalue weighted by Crippen LogP contribution is 2.33. The van der Waals surface area contributed by atoms with E-state index >= 15 is 0 Å². The molecule has 1 aromatic carbocycles. The number of nitrogens with zero attached hydrogens (tertiary/aromatic N) is 1. The Bertz CT molecular complexity index is 548. The highest BCUT2D eigenvalue weighted by Gasteiger charge is 2.38. The van der Waals surface area contributed by atoms with Crippen molar-refractivity contribution in [2.24, 2.45) is 0 Å². The van der Waals surface area contributed by atoms with E-state index in [2.05, 4.69) is 0 Å². The molecule has 0 unspecified atom stereocenters. The summed E-state index contributed by atoms with van der Waals surface area (Å²) in [5, 5.41) is 8.76. The van der Waals surface area contributed by atoms with Crippen LogP contribution in [0.3, 0.4) is 0 Å². The summed E-state index contributed by atoms with van der Waals surface area (Å²) in [6.07, 6.45) is 0. The number of rotatable bonds is 2. The first kappa shape index (κ1) is 11.3. The third kappa shape index (κ3) is 1.60. The van der Waals surface area contributed by atoms with Gasteiger partial charge in [0.25, 0.3) is 11.7 Å². The van der Waals surface area contributed by atoms with Crippen LogP contribution in [0.4, 0.5) is 5.69 Å². The molecule has 1 heterocycles. The zero-order valence-corrected chi connectivity index (χ0v) is 9.48. The fourth-order valence-electron chi connectivity index (χ4n) is 1.96. The number of carboxylic acid groups (broad SMARTS) is 1.